The van der Waals surface area contributed by atoms with Crippen molar-refractivity contribution in [2.24, 2.45) is 11.3 Å². The number of amides is 1. The van der Waals surface area contributed by atoms with Crippen LogP contribution in [0.25, 0.3) is 0 Å². The number of hydrogen-bond donors (Lipinski definition) is 0. The molecule has 1 rings (SSSR count). The molecule has 3 heteroatoms. The summed E-state index contributed by atoms with van der Waals surface area (Å²) in [6, 6.07) is 0.131. The molecule has 0 saturated carbocycles. The molecule has 2 nitrogen and oxygen atoms in total. The van der Waals surface area contributed by atoms with E-state index in [1.807, 2.05) is 6.41 Å². The van der Waals surface area contributed by atoms with Crippen LogP contribution in [0.1, 0.15) is 27.2 Å². The molecule has 1 radical (unpaired) electrons. The van der Waals surface area contributed by atoms with E-state index in [1.165, 1.54) is 0 Å². The number of hydrogen-bond acceptors (Lipinski definition) is 1. The Labute approximate surface area is 106 Å². The molecule has 1 aliphatic rings. The van der Waals surface area contributed by atoms with Gasteiger partial charge in [-0.05, 0) is 17.9 Å². The Bertz CT molecular complexity index is 176. The van der Waals surface area contributed by atoms with Crippen LogP contribution in [0.5, 0.6) is 0 Å². The normalized spacial score (nSPS) is 28.5. The zero-order chi connectivity index (χ0) is 9.35. The van der Waals surface area contributed by atoms with E-state index < -0.39 is 0 Å². The van der Waals surface area contributed by atoms with Crippen LogP contribution in [0.4, 0.5) is 0 Å². The molecule has 0 aliphatic carbocycles. The summed E-state index contributed by atoms with van der Waals surface area (Å²) in [6.07, 6.45) is 2.95. The summed E-state index contributed by atoms with van der Waals surface area (Å²) < 4.78 is 0. The van der Waals surface area contributed by atoms with Crippen molar-refractivity contribution < 1.29 is 37.5 Å². The number of nitrogens with zero attached hydrogens (tertiary/aromatic N) is 1. The third kappa shape index (κ3) is 3.32. The second-order valence-electron chi connectivity index (χ2n) is 4.70. The quantitative estimate of drug-likeness (QED) is 0.653. The van der Waals surface area contributed by atoms with Crippen LogP contribution in [0.2, 0.25) is 0 Å². The fourth-order valence-corrected chi connectivity index (χ4v) is 1.66. The van der Waals surface area contributed by atoms with E-state index in [0.717, 1.165) is 13.0 Å². The molecule has 1 aliphatic heterocycles. The van der Waals surface area contributed by atoms with E-state index in [0.29, 0.717) is 5.92 Å². The van der Waals surface area contributed by atoms with Gasteiger partial charge in [0.1, 0.15) is 0 Å². The molecule has 2 atom stereocenters. The predicted molar refractivity (Wildman–Crippen MR) is 49.1 cm³/mol. The van der Waals surface area contributed by atoms with Gasteiger partial charge < -0.3 is 16.6 Å². The van der Waals surface area contributed by atoms with Gasteiger partial charge >= 0.3 is 0 Å². The van der Waals surface area contributed by atoms with Gasteiger partial charge in [-0.15, -0.1) is 6.04 Å². The smallest absolute Gasteiger partial charge is 0 e. The molecule has 0 N–H and O–H groups in total. The van der Waals surface area contributed by atoms with Gasteiger partial charge in [0.25, 0.3) is 0 Å². The second kappa shape index (κ2) is 4.88. The first-order valence-corrected chi connectivity index (χ1v) is 4.42. The molecule has 1 amide bonds. The molecular weight excluding hydrogens is 239 g/mol. The Morgan fingerprint density at radius 3 is 2.23 bits per heavy atom. The van der Waals surface area contributed by atoms with Gasteiger partial charge in [-0.3, -0.25) is 0 Å². The Morgan fingerprint density at radius 2 is 2.00 bits per heavy atom. The summed E-state index contributed by atoms with van der Waals surface area (Å²) in [5, 5.41) is 0. The zero-order valence-corrected chi connectivity index (χ0v) is 11.5. The molecule has 0 spiro atoms. The molecule has 1 saturated heterocycles. The Morgan fingerprint density at radius 1 is 1.46 bits per heavy atom. The van der Waals surface area contributed by atoms with E-state index >= 15 is 0 Å². The average Bonchev–Trinajstić information content (AvgIpc) is 2.29. The largest absolute Gasteiger partial charge is 0.539 e. The number of carbonyl (C=O) groups excluding carboxylic acids is 1. The van der Waals surface area contributed by atoms with Crippen molar-refractivity contribution in [3.8, 4) is 0 Å². The van der Waals surface area contributed by atoms with Crippen molar-refractivity contribution in [2.75, 3.05) is 6.54 Å². The molecule has 73 valence electrons. The molecule has 0 bridgehead atoms. The summed E-state index contributed by atoms with van der Waals surface area (Å²) in [5.74, 6) is 0.571. The number of likely N-dealkylation sites (tertiary alicyclic amines) is 1. The van der Waals surface area contributed by atoms with Gasteiger partial charge in [-0.25, -0.2) is 0 Å². The molecule has 0 aromatic carbocycles. The van der Waals surface area contributed by atoms with Crippen molar-refractivity contribution in [3.05, 3.63) is 6.92 Å². The van der Waals surface area contributed by atoms with E-state index in [1.54, 1.807) is 4.90 Å². The van der Waals surface area contributed by atoms with Crippen LogP contribution >= 0.6 is 0 Å². The molecule has 1 heterocycles. The van der Waals surface area contributed by atoms with Gasteiger partial charge in [0.15, 0.2) is 0 Å². The first-order valence-electron chi connectivity index (χ1n) is 4.42. The maximum Gasteiger partial charge on any atom is 0 e. The van der Waals surface area contributed by atoms with Gasteiger partial charge in [0.2, 0.25) is 0 Å². The standard InChI is InChI=1S/C10H17NO.Y/c1-8-5-9(10(2,3)4)6-11(8)7-12;/h8-9H,1,5-6H2,2-4H3;/q-2;. The van der Waals surface area contributed by atoms with Gasteiger partial charge in [-0.2, -0.15) is 6.41 Å². The third-order valence-corrected chi connectivity index (χ3v) is 2.76. The van der Waals surface area contributed by atoms with E-state index in [2.05, 4.69) is 27.7 Å². The first-order chi connectivity index (χ1) is 5.45. The SMILES string of the molecule is [CH2-]C1CC(C(C)(C)C)CN1[C-]=O.[Y]. The van der Waals surface area contributed by atoms with Crippen LogP contribution in [0, 0.1) is 18.3 Å². The first kappa shape index (κ1) is 13.6. The van der Waals surface area contributed by atoms with E-state index in [9.17, 15) is 4.79 Å². The van der Waals surface area contributed by atoms with Crippen molar-refractivity contribution in [2.45, 2.75) is 33.2 Å². The van der Waals surface area contributed by atoms with E-state index in [-0.39, 0.29) is 44.2 Å². The summed E-state index contributed by atoms with van der Waals surface area (Å²) >= 11 is 0. The summed E-state index contributed by atoms with van der Waals surface area (Å²) in [4.78, 5) is 12.1. The average molecular weight is 256 g/mol. The van der Waals surface area contributed by atoms with Gasteiger partial charge in [-0.1, -0.05) is 27.2 Å². The Kier molecular flexibility index (Phi) is 5.10. The van der Waals surface area contributed by atoms with Gasteiger partial charge in [0.05, 0.1) is 0 Å². The minimum Gasteiger partial charge on any atom is -0.539 e. The van der Waals surface area contributed by atoms with Crippen molar-refractivity contribution >= 4 is 6.41 Å². The minimum absolute atomic E-state index is 0. The molecule has 1 fully saturated rings. The monoisotopic (exact) mass is 256 g/mol. The third-order valence-electron chi connectivity index (χ3n) is 2.76. The fraction of sp³-hybridized carbons (Fsp3) is 0.800. The molecule has 0 aromatic heterocycles. The summed E-state index contributed by atoms with van der Waals surface area (Å²) in [7, 11) is 0. The maximum atomic E-state index is 10.5. The van der Waals surface area contributed by atoms with Crippen molar-refractivity contribution in [1.82, 2.24) is 4.90 Å². The molecule has 2 unspecified atom stereocenters. The van der Waals surface area contributed by atoms with E-state index in [4.69, 9.17) is 0 Å². The minimum atomic E-state index is 0. The summed E-state index contributed by atoms with van der Waals surface area (Å²) in [6.45, 7) is 11.4. The fourth-order valence-electron chi connectivity index (χ4n) is 1.66. The van der Waals surface area contributed by atoms with Crippen molar-refractivity contribution in [1.29, 1.82) is 0 Å². The maximum absolute atomic E-state index is 10.5. The predicted octanol–water partition coefficient (Wildman–Crippen LogP) is 1.62. The zero-order valence-electron chi connectivity index (χ0n) is 8.71. The second-order valence-corrected chi connectivity index (χ2v) is 4.70. The van der Waals surface area contributed by atoms with Crippen LogP contribution < -0.4 is 0 Å². The molecular formula is C10H17NOY-2. The Balaban J connectivity index is 0.00000144. The molecule has 13 heavy (non-hydrogen) atoms. The number of rotatable bonds is 1. The van der Waals surface area contributed by atoms with Crippen LogP contribution in [0.15, 0.2) is 0 Å². The van der Waals surface area contributed by atoms with Crippen molar-refractivity contribution in [3.63, 3.8) is 0 Å². The van der Waals surface area contributed by atoms with Crippen LogP contribution in [-0.4, -0.2) is 23.9 Å². The Hall–Kier alpha value is 0.574. The molecule has 0 aromatic rings. The topological polar surface area (TPSA) is 20.3 Å². The van der Waals surface area contributed by atoms with Crippen LogP contribution in [-0.2, 0) is 37.5 Å². The van der Waals surface area contributed by atoms with Gasteiger partial charge in [0, 0.05) is 32.7 Å². The summed E-state index contributed by atoms with van der Waals surface area (Å²) in [5.41, 5.74) is 0.279. The van der Waals surface area contributed by atoms with Crippen LogP contribution in [0.3, 0.4) is 0 Å².